The van der Waals surface area contributed by atoms with Crippen LogP contribution in [-0.4, -0.2) is 22.6 Å². The van der Waals surface area contributed by atoms with E-state index in [2.05, 4.69) is 50.2 Å². The smallest absolute Gasteiger partial charge is 0.134 e. The van der Waals surface area contributed by atoms with Crippen molar-refractivity contribution in [2.45, 2.75) is 72.8 Å². The fraction of sp³-hybridized carbons (Fsp3) is 0.765. The van der Waals surface area contributed by atoms with Crippen molar-refractivity contribution in [3.05, 3.63) is 11.4 Å². The average molecular weight is 290 g/mol. The molecule has 1 fully saturated rings. The number of hydrogen-bond donors (Lipinski definition) is 2. The summed E-state index contributed by atoms with van der Waals surface area (Å²) >= 11 is 0. The topological polar surface area (TPSA) is 49.8 Å². The summed E-state index contributed by atoms with van der Waals surface area (Å²) in [6, 6.07) is 0.529. The standard InChI is InChI=1S/C17H30N4/c1-6-14-20-15(18-7-2)12(3)16(21-14)19-13-9-8-10-17(4,5)11-13/h13H,6-11H2,1-5H3,(H2,18,19,20,21). The summed E-state index contributed by atoms with van der Waals surface area (Å²) in [6.07, 6.45) is 5.95. The molecule has 1 aromatic heterocycles. The summed E-state index contributed by atoms with van der Waals surface area (Å²) in [5, 5.41) is 7.04. The van der Waals surface area contributed by atoms with Crippen LogP contribution in [0, 0.1) is 12.3 Å². The predicted molar refractivity (Wildman–Crippen MR) is 90.0 cm³/mol. The van der Waals surface area contributed by atoms with Gasteiger partial charge in [0.25, 0.3) is 0 Å². The molecule has 1 atom stereocenters. The second-order valence-corrected chi connectivity index (χ2v) is 6.95. The monoisotopic (exact) mass is 290 g/mol. The largest absolute Gasteiger partial charge is 0.370 e. The van der Waals surface area contributed by atoms with E-state index in [0.29, 0.717) is 11.5 Å². The van der Waals surface area contributed by atoms with Crippen molar-refractivity contribution in [2.75, 3.05) is 17.2 Å². The Bertz CT molecular complexity index is 482. The lowest BCUT2D eigenvalue weighted by molar-refractivity contribution is 0.229. The molecule has 0 aliphatic heterocycles. The van der Waals surface area contributed by atoms with Gasteiger partial charge < -0.3 is 10.6 Å². The molecular formula is C17H30N4. The molecule has 4 heteroatoms. The van der Waals surface area contributed by atoms with Crippen LogP contribution < -0.4 is 10.6 Å². The third-order valence-corrected chi connectivity index (χ3v) is 4.40. The van der Waals surface area contributed by atoms with Crippen molar-refractivity contribution in [1.82, 2.24) is 9.97 Å². The molecule has 0 amide bonds. The molecule has 0 radical (unpaired) electrons. The van der Waals surface area contributed by atoms with E-state index in [1.54, 1.807) is 0 Å². The van der Waals surface area contributed by atoms with Gasteiger partial charge in [-0.3, -0.25) is 0 Å². The highest BCUT2D eigenvalue weighted by Gasteiger charge is 2.28. The zero-order valence-electron chi connectivity index (χ0n) is 14.2. The van der Waals surface area contributed by atoms with Gasteiger partial charge in [0.05, 0.1) is 0 Å². The first-order chi connectivity index (χ1) is 9.95. The lowest BCUT2D eigenvalue weighted by Crippen LogP contribution is -2.32. The maximum absolute atomic E-state index is 4.71. The molecule has 1 unspecified atom stereocenters. The Morgan fingerprint density at radius 1 is 1.19 bits per heavy atom. The summed E-state index contributed by atoms with van der Waals surface area (Å²) in [5.41, 5.74) is 1.58. The second-order valence-electron chi connectivity index (χ2n) is 6.95. The quantitative estimate of drug-likeness (QED) is 0.855. The molecule has 1 aromatic rings. The molecule has 2 rings (SSSR count). The molecule has 1 aliphatic carbocycles. The summed E-state index contributed by atoms with van der Waals surface area (Å²) in [6.45, 7) is 11.9. The van der Waals surface area contributed by atoms with Crippen molar-refractivity contribution in [3.63, 3.8) is 0 Å². The van der Waals surface area contributed by atoms with E-state index in [-0.39, 0.29) is 0 Å². The predicted octanol–water partition coefficient (Wildman–Crippen LogP) is 4.16. The van der Waals surface area contributed by atoms with E-state index >= 15 is 0 Å². The molecule has 118 valence electrons. The zero-order chi connectivity index (χ0) is 15.5. The third-order valence-electron chi connectivity index (χ3n) is 4.40. The summed E-state index contributed by atoms with van der Waals surface area (Å²) < 4.78 is 0. The number of rotatable bonds is 5. The molecule has 1 heterocycles. The molecule has 2 N–H and O–H groups in total. The SMILES string of the molecule is CCNc1nc(CC)nc(NC2CCCC(C)(C)C2)c1C. The Morgan fingerprint density at radius 2 is 1.90 bits per heavy atom. The number of aromatic nitrogens is 2. The number of anilines is 2. The third kappa shape index (κ3) is 4.08. The first kappa shape index (κ1) is 16.1. The van der Waals surface area contributed by atoms with Crippen LogP contribution in [0.4, 0.5) is 11.6 Å². The number of nitrogens with one attached hydrogen (secondary N) is 2. The van der Waals surface area contributed by atoms with Crippen LogP contribution in [0.5, 0.6) is 0 Å². The van der Waals surface area contributed by atoms with Gasteiger partial charge in [-0.15, -0.1) is 0 Å². The molecule has 0 aromatic carbocycles. The maximum Gasteiger partial charge on any atom is 0.134 e. The minimum Gasteiger partial charge on any atom is -0.370 e. The van der Waals surface area contributed by atoms with E-state index in [1.165, 1.54) is 25.7 Å². The summed E-state index contributed by atoms with van der Waals surface area (Å²) in [4.78, 5) is 9.31. The molecule has 0 bridgehead atoms. The highest BCUT2D eigenvalue weighted by Crippen LogP contribution is 2.36. The van der Waals surface area contributed by atoms with E-state index < -0.39 is 0 Å². The average Bonchev–Trinajstić information content (AvgIpc) is 2.42. The Hall–Kier alpha value is -1.32. The normalized spacial score (nSPS) is 21.1. The van der Waals surface area contributed by atoms with E-state index in [4.69, 9.17) is 4.98 Å². The van der Waals surface area contributed by atoms with Crippen LogP contribution in [0.15, 0.2) is 0 Å². The van der Waals surface area contributed by atoms with Crippen molar-refractivity contribution in [2.24, 2.45) is 5.41 Å². The lowest BCUT2D eigenvalue weighted by atomic mass is 9.75. The molecule has 0 spiro atoms. The summed E-state index contributed by atoms with van der Waals surface area (Å²) in [5.74, 6) is 2.90. The van der Waals surface area contributed by atoms with Gasteiger partial charge in [0.2, 0.25) is 0 Å². The second kappa shape index (κ2) is 6.63. The number of hydrogen-bond acceptors (Lipinski definition) is 4. The number of aryl methyl sites for hydroxylation is 1. The molecule has 21 heavy (non-hydrogen) atoms. The fourth-order valence-corrected chi connectivity index (χ4v) is 3.22. The van der Waals surface area contributed by atoms with Crippen molar-refractivity contribution >= 4 is 11.6 Å². The van der Waals surface area contributed by atoms with Crippen molar-refractivity contribution in [1.29, 1.82) is 0 Å². The van der Waals surface area contributed by atoms with E-state index in [1.807, 2.05) is 0 Å². The van der Waals surface area contributed by atoms with Gasteiger partial charge in [0, 0.05) is 24.6 Å². The van der Waals surface area contributed by atoms with Crippen LogP contribution in [0.25, 0.3) is 0 Å². The number of nitrogens with zero attached hydrogens (tertiary/aromatic N) is 2. The van der Waals surface area contributed by atoms with Gasteiger partial charge in [0.15, 0.2) is 0 Å². The van der Waals surface area contributed by atoms with Gasteiger partial charge in [-0.2, -0.15) is 0 Å². The molecular weight excluding hydrogens is 260 g/mol. The van der Waals surface area contributed by atoms with Crippen LogP contribution >= 0.6 is 0 Å². The Morgan fingerprint density at radius 3 is 2.52 bits per heavy atom. The zero-order valence-corrected chi connectivity index (χ0v) is 14.2. The van der Waals surface area contributed by atoms with Gasteiger partial charge in [-0.1, -0.05) is 27.2 Å². The molecule has 1 aliphatic rings. The highest BCUT2D eigenvalue weighted by molar-refractivity contribution is 5.57. The highest BCUT2D eigenvalue weighted by atomic mass is 15.1. The van der Waals surface area contributed by atoms with Gasteiger partial charge in [-0.25, -0.2) is 9.97 Å². The van der Waals surface area contributed by atoms with Gasteiger partial charge in [0.1, 0.15) is 17.5 Å². The maximum atomic E-state index is 4.71. The lowest BCUT2D eigenvalue weighted by Gasteiger charge is -2.36. The first-order valence-electron chi connectivity index (χ1n) is 8.33. The molecule has 4 nitrogen and oxygen atoms in total. The minimum absolute atomic E-state index is 0.439. The van der Waals surface area contributed by atoms with Crippen LogP contribution in [0.2, 0.25) is 0 Å². The van der Waals surface area contributed by atoms with Gasteiger partial charge in [-0.05, 0) is 38.5 Å². The van der Waals surface area contributed by atoms with Crippen molar-refractivity contribution in [3.8, 4) is 0 Å². The summed E-state index contributed by atoms with van der Waals surface area (Å²) in [7, 11) is 0. The molecule has 0 saturated heterocycles. The van der Waals surface area contributed by atoms with Crippen molar-refractivity contribution < 1.29 is 0 Å². The van der Waals surface area contributed by atoms with Gasteiger partial charge >= 0.3 is 0 Å². The Kier molecular flexibility index (Phi) is 5.07. The van der Waals surface area contributed by atoms with E-state index in [0.717, 1.165) is 36.0 Å². The first-order valence-corrected chi connectivity index (χ1v) is 8.33. The fourth-order valence-electron chi connectivity index (χ4n) is 3.22. The van der Waals surface area contributed by atoms with E-state index in [9.17, 15) is 0 Å². The Balaban J connectivity index is 2.20. The van der Waals surface area contributed by atoms with Crippen LogP contribution in [-0.2, 0) is 6.42 Å². The van der Waals surface area contributed by atoms with Crippen LogP contribution in [0.1, 0.15) is 64.8 Å². The Labute approximate surface area is 129 Å². The minimum atomic E-state index is 0.439. The molecule has 1 saturated carbocycles. The van der Waals surface area contributed by atoms with Crippen LogP contribution in [0.3, 0.4) is 0 Å².